The van der Waals surface area contributed by atoms with Crippen LogP contribution in [0.25, 0.3) is 88.4 Å². The third-order valence-corrected chi connectivity index (χ3v) is 12.3. The van der Waals surface area contributed by atoms with Crippen molar-refractivity contribution in [1.82, 2.24) is 9.13 Å². The molecule has 8 aromatic carbocycles. The highest BCUT2D eigenvalue weighted by Crippen LogP contribution is 2.45. The molecule has 61 heavy (non-hydrogen) atoms. The van der Waals surface area contributed by atoms with Gasteiger partial charge in [-0.2, -0.15) is 18.4 Å². The van der Waals surface area contributed by atoms with Gasteiger partial charge in [-0.1, -0.05) is 102 Å². The van der Waals surface area contributed by atoms with Crippen LogP contribution in [-0.2, 0) is 6.18 Å². The molecule has 0 saturated heterocycles. The second-order valence-corrected chi connectivity index (χ2v) is 16.3. The number of halogens is 3. The Hall–Kier alpha value is -7.36. The fraction of sp³-hybridized carbons (Fsp3) is 0.109. The Labute approximate surface area is 352 Å². The lowest BCUT2D eigenvalue weighted by Crippen LogP contribution is -2.08. The van der Waals surface area contributed by atoms with E-state index in [4.69, 9.17) is 0 Å². The lowest BCUT2D eigenvalue weighted by molar-refractivity contribution is -0.137. The minimum atomic E-state index is -4.51. The van der Waals surface area contributed by atoms with E-state index in [-0.39, 0.29) is 0 Å². The van der Waals surface area contributed by atoms with Crippen LogP contribution in [0.1, 0.15) is 38.9 Å². The third-order valence-electron chi connectivity index (χ3n) is 12.3. The number of aromatic nitrogens is 2. The zero-order valence-electron chi connectivity index (χ0n) is 34.4. The highest BCUT2D eigenvalue weighted by Gasteiger charge is 2.32. The lowest BCUT2D eigenvalue weighted by atomic mass is 9.93. The van der Waals surface area contributed by atoms with Crippen molar-refractivity contribution in [2.75, 3.05) is 0 Å². The Bertz CT molecular complexity index is 3290. The van der Waals surface area contributed by atoms with Gasteiger partial charge in [-0.25, -0.2) is 0 Å². The van der Waals surface area contributed by atoms with E-state index in [2.05, 4.69) is 140 Å². The van der Waals surface area contributed by atoms with Gasteiger partial charge in [0.15, 0.2) is 0 Å². The maximum atomic E-state index is 14.3. The Morgan fingerprint density at radius 3 is 1.33 bits per heavy atom. The molecule has 10 rings (SSSR count). The van der Waals surface area contributed by atoms with Gasteiger partial charge >= 0.3 is 6.18 Å². The Kier molecular flexibility index (Phi) is 8.78. The van der Waals surface area contributed by atoms with Crippen molar-refractivity contribution in [2.24, 2.45) is 0 Å². The summed E-state index contributed by atoms with van der Waals surface area (Å²) in [6, 6.07) is 52.5. The summed E-state index contributed by atoms with van der Waals surface area (Å²) in [5, 5.41) is 14.9. The average molecular weight is 800 g/mol. The molecular weight excluding hydrogens is 760 g/mol. The monoisotopic (exact) mass is 799 g/mol. The highest BCUT2D eigenvalue weighted by atomic mass is 19.4. The van der Waals surface area contributed by atoms with E-state index >= 15 is 0 Å². The molecule has 0 fully saturated rings. The topological polar surface area (TPSA) is 33.6 Å². The van der Waals surface area contributed by atoms with Gasteiger partial charge in [0.05, 0.1) is 50.6 Å². The van der Waals surface area contributed by atoms with E-state index in [9.17, 15) is 18.4 Å². The number of fused-ring (bicyclic) bond motifs is 6. The van der Waals surface area contributed by atoms with Crippen LogP contribution in [0.5, 0.6) is 0 Å². The van der Waals surface area contributed by atoms with E-state index in [1.54, 1.807) is 13.0 Å². The van der Waals surface area contributed by atoms with E-state index in [0.29, 0.717) is 33.6 Å². The van der Waals surface area contributed by atoms with Crippen molar-refractivity contribution < 1.29 is 13.2 Å². The first-order chi connectivity index (χ1) is 29.4. The summed E-state index contributed by atoms with van der Waals surface area (Å²) < 4.78 is 47.1. The second kappa shape index (κ2) is 14.1. The molecule has 0 radical (unpaired) electrons. The summed E-state index contributed by atoms with van der Waals surface area (Å²) in [6.45, 7) is 10.2. The van der Waals surface area contributed by atoms with Crippen LogP contribution in [0.4, 0.5) is 13.2 Å². The van der Waals surface area contributed by atoms with Gasteiger partial charge in [0.2, 0.25) is 0 Å². The van der Waals surface area contributed by atoms with Gasteiger partial charge in [-0.05, 0) is 140 Å². The third kappa shape index (κ3) is 6.19. The van der Waals surface area contributed by atoms with E-state index in [1.165, 1.54) is 28.3 Å². The van der Waals surface area contributed by atoms with Gasteiger partial charge in [-0.15, -0.1) is 0 Å². The molecule has 0 saturated carbocycles. The molecule has 2 heterocycles. The van der Waals surface area contributed by atoms with Gasteiger partial charge in [0, 0.05) is 27.1 Å². The minimum Gasteiger partial charge on any atom is -0.308 e. The molecule has 0 unspecified atom stereocenters. The van der Waals surface area contributed by atoms with Crippen molar-refractivity contribution in [3.05, 3.63) is 191 Å². The van der Waals surface area contributed by atoms with Crippen molar-refractivity contribution in [3.8, 4) is 50.8 Å². The Morgan fingerprint density at radius 1 is 0.443 bits per heavy atom. The molecular formula is C55H40F3N3. The quantitative estimate of drug-likeness (QED) is 0.171. The first-order valence-electron chi connectivity index (χ1n) is 20.4. The molecule has 0 spiro atoms. The average Bonchev–Trinajstić information content (AvgIpc) is 3.75. The number of aryl methyl sites for hydroxylation is 5. The molecule has 0 atom stereocenters. The predicted octanol–water partition coefficient (Wildman–Crippen LogP) is 15.3. The molecule has 2 aromatic heterocycles. The van der Waals surface area contributed by atoms with Crippen molar-refractivity contribution in [1.29, 1.82) is 5.26 Å². The van der Waals surface area contributed by atoms with Crippen LogP contribution < -0.4 is 0 Å². The number of nitriles is 1. The molecule has 3 nitrogen and oxygen atoms in total. The standard InChI is InChI=1S/C55H40F3N3/c1-32-14-19-41(34(3)24-32)38-16-22-50-46(29-38)44-10-6-8-12-48(44)60(50)52-27-37(31-59)28-53(54(52)43-21-18-40(26-36(43)5)55(56,57)58)61-49-13-9-7-11-45(49)47-30-39(17-23-51(47)61)42-20-15-33(2)25-35(42)4/h6-30H,1-5H3. The summed E-state index contributed by atoms with van der Waals surface area (Å²) in [5.74, 6) is 0. The maximum Gasteiger partial charge on any atom is 0.416 e. The van der Waals surface area contributed by atoms with Crippen LogP contribution in [0, 0.1) is 45.9 Å². The smallest absolute Gasteiger partial charge is 0.308 e. The maximum absolute atomic E-state index is 14.3. The van der Waals surface area contributed by atoms with Gasteiger partial charge in [-0.3, -0.25) is 0 Å². The molecule has 296 valence electrons. The normalized spacial score (nSPS) is 11.9. The first kappa shape index (κ1) is 37.9. The summed E-state index contributed by atoms with van der Waals surface area (Å²) in [6.07, 6.45) is -4.51. The van der Waals surface area contributed by atoms with Crippen LogP contribution in [-0.4, -0.2) is 9.13 Å². The molecule has 0 aliphatic heterocycles. The Morgan fingerprint density at radius 2 is 0.885 bits per heavy atom. The lowest BCUT2D eigenvalue weighted by Gasteiger charge is -2.22. The zero-order chi connectivity index (χ0) is 42.3. The molecule has 6 heteroatoms. The summed E-state index contributed by atoms with van der Waals surface area (Å²) in [5.41, 5.74) is 15.8. The first-order valence-corrected chi connectivity index (χ1v) is 20.4. The minimum absolute atomic E-state index is 0.425. The van der Waals surface area contributed by atoms with Crippen molar-refractivity contribution >= 4 is 43.6 Å². The van der Waals surface area contributed by atoms with Crippen LogP contribution in [0.15, 0.2) is 152 Å². The summed E-state index contributed by atoms with van der Waals surface area (Å²) >= 11 is 0. The molecule has 0 aliphatic rings. The van der Waals surface area contributed by atoms with Gasteiger partial charge in [0.1, 0.15) is 0 Å². The molecule has 0 N–H and O–H groups in total. The van der Waals surface area contributed by atoms with Gasteiger partial charge < -0.3 is 9.13 Å². The predicted molar refractivity (Wildman–Crippen MR) is 245 cm³/mol. The second-order valence-electron chi connectivity index (χ2n) is 16.3. The fourth-order valence-electron chi connectivity index (χ4n) is 9.50. The van der Waals surface area contributed by atoms with Crippen LogP contribution in [0.2, 0.25) is 0 Å². The number of para-hydroxylation sites is 2. The number of alkyl halides is 3. The molecule has 0 bridgehead atoms. The van der Waals surface area contributed by atoms with Crippen LogP contribution in [0.3, 0.4) is 0 Å². The van der Waals surface area contributed by atoms with Crippen LogP contribution >= 0.6 is 0 Å². The number of nitrogens with zero attached hydrogens (tertiary/aromatic N) is 3. The van der Waals surface area contributed by atoms with Crippen molar-refractivity contribution in [3.63, 3.8) is 0 Å². The number of benzene rings is 8. The number of rotatable bonds is 5. The molecule has 10 aromatic rings. The zero-order valence-corrected chi connectivity index (χ0v) is 34.4. The number of hydrogen-bond donors (Lipinski definition) is 0. The fourth-order valence-corrected chi connectivity index (χ4v) is 9.50. The summed E-state index contributed by atoms with van der Waals surface area (Å²) in [7, 11) is 0. The number of hydrogen-bond acceptors (Lipinski definition) is 1. The van der Waals surface area contributed by atoms with E-state index < -0.39 is 11.7 Å². The Balaban J connectivity index is 1.32. The molecule has 0 amide bonds. The molecule has 0 aliphatic carbocycles. The SMILES string of the molecule is Cc1ccc(-c2ccc3c(c2)c2ccccc2n3-c2cc(C#N)cc(-n3c4ccccc4c4cc(-c5ccc(C)cc5C)ccc43)c2-c2ccc(C(F)(F)F)cc2C)c(C)c1. The van der Waals surface area contributed by atoms with E-state index in [1.807, 2.05) is 36.4 Å². The van der Waals surface area contributed by atoms with E-state index in [0.717, 1.165) is 71.9 Å². The highest BCUT2D eigenvalue weighted by molar-refractivity contribution is 6.13. The van der Waals surface area contributed by atoms with Crippen molar-refractivity contribution in [2.45, 2.75) is 40.8 Å². The van der Waals surface area contributed by atoms with Gasteiger partial charge in [0.25, 0.3) is 0 Å². The largest absolute Gasteiger partial charge is 0.416 e. The summed E-state index contributed by atoms with van der Waals surface area (Å²) in [4.78, 5) is 0.